The number of benzene rings is 3. The molecule has 168 valence electrons. The number of hydrogen-bond donors (Lipinski definition) is 2. The summed E-state index contributed by atoms with van der Waals surface area (Å²) in [6, 6.07) is 23.6. The molecule has 2 heterocycles. The first kappa shape index (κ1) is 22.4. The Labute approximate surface area is 210 Å². The Bertz CT molecular complexity index is 1400. The van der Waals surface area contributed by atoms with E-state index >= 15 is 0 Å². The topological polar surface area (TPSA) is 98.0 Å². The van der Waals surface area contributed by atoms with Crippen molar-refractivity contribution in [2.75, 3.05) is 11.5 Å². The number of nitrogen functional groups attached to an aromatic ring is 2. The minimum atomic E-state index is -0.580. The van der Waals surface area contributed by atoms with E-state index in [2.05, 4.69) is 17.1 Å². The van der Waals surface area contributed by atoms with E-state index in [9.17, 15) is 5.26 Å². The molecule has 3 aromatic carbocycles. The van der Waals surface area contributed by atoms with Crippen molar-refractivity contribution in [1.29, 1.82) is 5.26 Å². The summed E-state index contributed by atoms with van der Waals surface area (Å²) in [5.74, 6) is 1.04. The first-order valence-corrected chi connectivity index (χ1v) is 12.4. The predicted molar refractivity (Wildman–Crippen MR) is 138 cm³/mol. The van der Waals surface area contributed by atoms with Crippen LogP contribution in [-0.2, 0) is 10.9 Å². The van der Waals surface area contributed by atoms with E-state index in [1.807, 2.05) is 67.6 Å². The van der Waals surface area contributed by atoms with Gasteiger partial charge in [0.05, 0.1) is 27.7 Å². The molecule has 0 fully saturated rings. The number of nitrogens with zero attached hydrogens (tertiary/aromatic N) is 2. The molecule has 5 nitrogen and oxygen atoms in total. The summed E-state index contributed by atoms with van der Waals surface area (Å²) in [5, 5.41) is 10.8. The standard InChI is InChI=1S/C26H19Cl2N4OS/c1-14-2-11-21-19(12-14)24(22-23(30)20(13-29)25(31)32-26(22)33-21)34(17-7-3-15(27)4-8-17)18-9-5-16(28)6-10-18/h2-12,24H,1H3,(H4,30,31,32)/q+1. The Morgan fingerprint density at radius 3 is 2.09 bits per heavy atom. The molecule has 0 bridgehead atoms. The molecular weight excluding hydrogens is 487 g/mol. The van der Waals surface area contributed by atoms with Gasteiger partial charge in [0.15, 0.2) is 15.0 Å². The molecular formula is C26H19Cl2N4OS+. The van der Waals surface area contributed by atoms with Crippen LogP contribution in [0.1, 0.15) is 27.5 Å². The molecule has 1 aromatic heterocycles. The fourth-order valence-electron chi connectivity index (χ4n) is 4.10. The van der Waals surface area contributed by atoms with Crippen LogP contribution in [0.3, 0.4) is 0 Å². The number of hydrogen-bond acceptors (Lipinski definition) is 5. The van der Waals surface area contributed by atoms with Gasteiger partial charge >= 0.3 is 0 Å². The lowest BCUT2D eigenvalue weighted by Crippen LogP contribution is -2.23. The molecule has 1 aliphatic rings. The molecule has 8 heteroatoms. The third-order valence-electron chi connectivity index (χ3n) is 5.67. The van der Waals surface area contributed by atoms with Crippen molar-refractivity contribution in [2.24, 2.45) is 0 Å². The van der Waals surface area contributed by atoms with E-state index in [4.69, 9.17) is 39.4 Å². The summed E-state index contributed by atoms with van der Waals surface area (Å²) in [6.45, 7) is 2.03. The largest absolute Gasteiger partial charge is 0.438 e. The average molecular weight is 506 g/mol. The first-order valence-electron chi connectivity index (χ1n) is 10.4. The summed E-state index contributed by atoms with van der Waals surface area (Å²) in [6.07, 6.45) is 0. The minimum Gasteiger partial charge on any atom is -0.438 e. The van der Waals surface area contributed by atoms with E-state index in [0.717, 1.165) is 20.9 Å². The molecule has 4 N–H and O–H groups in total. The second kappa shape index (κ2) is 8.77. The van der Waals surface area contributed by atoms with E-state index in [1.165, 1.54) is 0 Å². The summed E-state index contributed by atoms with van der Waals surface area (Å²) >= 11 is 12.4. The molecule has 0 saturated carbocycles. The Hall–Kier alpha value is -3.37. The number of nitriles is 1. The van der Waals surface area contributed by atoms with Gasteiger partial charge in [-0.1, -0.05) is 34.8 Å². The van der Waals surface area contributed by atoms with E-state index < -0.39 is 10.9 Å². The predicted octanol–water partition coefficient (Wildman–Crippen LogP) is 6.66. The van der Waals surface area contributed by atoms with Crippen LogP contribution in [0.4, 0.5) is 11.5 Å². The fourth-order valence-corrected chi connectivity index (χ4v) is 6.93. The van der Waals surface area contributed by atoms with Gasteiger partial charge in [-0.2, -0.15) is 10.2 Å². The number of fused-ring (bicyclic) bond motifs is 2. The zero-order valence-electron chi connectivity index (χ0n) is 18.0. The Morgan fingerprint density at radius 2 is 1.53 bits per heavy atom. The number of nitrogens with two attached hydrogens (primary N) is 2. The molecule has 4 aromatic rings. The van der Waals surface area contributed by atoms with E-state index in [1.54, 1.807) is 0 Å². The molecule has 0 radical (unpaired) electrons. The van der Waals surface area contributed by atoms with Crippen molar-refractivity contribution in [3.63, 3.8) is 0 Å². The number of aryl methyl sites for hydroxylation is 1. The van der Waals surface area contributed by atoms with Crippen molar-refractivity contribution >= 4 is 45.6 Å². The highest BCUT2D eigenvalue weighted by atomic mass is 35.5. The van der Waals surface area contributed by atoms with Gasteiger partial charge in [-0.3, -0.25) is 0 Å². The van der Waals surface area contributed by atoms with Gasteiger partial charge in [0, 0.05) is 10.0 Å². The normalized spacial score (nSPS) is 14.1. The smallest absolute Gasteiger partial charge is 0.232 e. The molecule has 1 atom stereocenters. The third-order valence-corrected chi connectivity index (χ3v) is 8.69. The van der Waals surface area contributed by atoms with Crippen LogP contribution in [0.15, 0.2) is 76.5 Å². The van der Waals surface area contributed by atoms with E-state index in [-0.39, 0.29) is 22.3 Å². The maximum Gasteiger partial charge on any atom is 0.232 e. The van der Waals surface area contributed by atoms with Crippen LogP contribution in [0.5, 0.6) is 11.6 Å². The van der Waals surface area contributed by atoms with Crippen LogP contribution in [-0.4, -0.2) is 4.98 Å². The number of ether oxygens (including phenoxy) is 1. The lowest BCUT2D eigenvalue weighted by atomic mass is 9.97. The average Bonchev–Trinajstić information content (AvgIpc) is 2.81. The van der Waals surface area contributed by atoms with Crippen LogP contribution in [0.25, 0.3) is 0 Å². The summed E-state index contributed by atoms with van der Waals surface area (Å²) in [4.78, 5) is 6.53. The van der Waals surface area contributed by atoms with Gasteiger partial charge in [0.1, 0.15) is 23.2 Å². The van der Waals surface area contributed by atoms with Gasteiger partial charge < -0.3 is 16.2 Å². The number of anilines is 2. The van der Waals surface area contributed by atoms with Crippen molar-refractivity contribution in [3.05, 3.63) is 99.0 Å². The highest BCUT2D eigenvalue weighted by Crippen LogP contribution is 2.53. The molecule has 5 rings (SSSR count). The lowest BCUT2D eigenvalue weighted by molar-refractivity contribution is 0.440. The third kappa shape index (κ3) is 3.82. The maximum atomic E-state index is 9.74. The Balaban J connectivity index is 1.85. The number of halogens is 2. The first-order chi connectivity index (χ1) is 16.4. The van der Waals surface area contributed by atoms with Crippen molar-refractivity contribution in [2.45, 2.75) is 22.0 Å². The molecule has 1 aliphatic heterocycles. The fraction of sp³-hybridized carbons (Fsp3) is 0.0769. The van der Waals surface area contributed by atoms with E-state index in [0.29, 0.717) is 27.2 Å². The van der Waals surface area contributed by atoms with Crippen molar-refractivity contribution in [1.82, 2.24) is 4.98 Å². The summed E-state index contributed by atoms with van der Waals surface area (Å²) in [7, 11) is -0.580. The van der Waals surface area contributed by atoms with Crippen molar-refractivity contribution in [3.8, 4) is 17.7 Å². The monoisotopic (exact) mass is 505 g/mol. The highest BCUT2D eigenvalue weighted by Gasteiger charge is 2.46. The van der Waals surface area contributed by atoms with Crippen LogP contribution >= 0.6 is 23.2 Å². The lowest BCUT2D eigenvalue weighted by Gasteiger charge is -2.29. The zero-order valence-corrected chi connectivity index (χ0v) is 20.4. The number of pyridine rings is 1. The maximum absolute atomic E-state index is 9.74. The number of aromatic nitrogens is 1. The second-order valence-electron chi connectivity index (χ2n) is 7.89. The van der Waals surface area contributed by atoms with Crippen LogP contribution in [0.2, 0.25) is 10.0 Å². The Kier molecular flexibility index (Phi) is 5.78. The number of rotatable bonds is 3. The summed E-state index contributed by atoms with van der Waals surface area (Å²) < 4.78 is 6.17. The Morgan fingerprint density at radius 1 is 0.941 bits per heavy atom. The molecule has 1 unspecified atom stereocenters. The SMILES string of the molecule is Cc1ccc2c(c1)C([S+](c1ccc(Cl)cc1)c1ccc(Cl)cc1)c1c(nc(N)c(C#N)c1N)O2. The molecule has 0 spiro atoms. The highest BCUT2D eigenvalue weighted by molar-refractivity contribution is 7.97. The van der Waals surface area contributed by atoms with Crippen LogP contribution in [0, 0.1) is 18.3 Å². The van der Waals surface area contributed by atoms with Gasteiger partial charge in [-0.15, -0.1) is 0 Å². The quantitative estimate of drug-likeness (QED) is 0.303. The van der Waals surface area contributed by atoms with Gasteiger partial charge in [-0.05, 0) is 67.6 Å². The minimum absolute atomic E-state index is 0.0472. The van der Waals surface area contributed by atoms with Crippen LogP contribution < -0.4 is 16.2 Å². The summed E-state index contributed by atoms with van der Waals surface area (Å²) in [5.41, 5.74) is 15.8. The molecule has 0 amide bonds. The van der Waals surface area contributed by atoms with Gasteiger partial charge in [-0.25, -0.2) is 0 Å². The molecule has 0 aliphatic carbocycles. The van der Waals surface area contributed by atoms with Crippen molar-refractivity contribution < 1.29 is 4.74 Å². The zero-order chi connectivity index (χ0) is 24.0. The molecule has 0 saturated heterocycles. The molecule has 34 heavy (non-hydrogen) atoms. The van der Waals surface area contributed by atoms with Gasteiger partial charge in [0.2, 0.25) is 5.88 Å². The second-order valence-corrected chi connectivity index (χ2v) is 10.8. The van der Waals surface area contributed by atoms with Gasteiger partial charge in [0.25, 0.3) is 0 Å².